The highest BCUT2D eigenvalue weighted by atomic mass is 16.2. The second-order valence-electron chi connectivity index (χ2n) is 7.83. The zero-order valence-electron chi connectivity index (χ0n) is 16.0. The molecule has 1 saturated carbocycles. The Balaban J connectivity index is 1.45. The van der Waals surface area contributed by atoms with Crippen molar-refractivity contribution < 1.29 is 9.59 Å². The van der Waals surface area contributed by atoms with Crippen LogP contribution in [0.4, 0.5) is 0 Å². The van der Waals surface area contributed by atoms with E-state index in [-0.39, 0.29) is 17.7 Å². The first-order valence-electron chi connectivity index (χ1n) is 10.3. The van der Waals surface area contributed by atoms with Crippen molar-refractivity contribution in [3.63, 3.8) is 0 Å². The smallest absolute Gasteiger partial charge is 0.225 e. The lowest BCUT2D eigenvalue weighted by Crippen LogP contribution is -2.42. The van der Waals surface area contributed by atoms with Crippen LogP contribution in [-0.4, -0.2) is 29.8 Å². The van der Waals surface area contributed by atoms with Crippen molar-refractivity contribution >= 4 is 11.8 Å². The van der Waals surface area contributed by atoms with E-state index >= 15 is 0 Å². The lowest BCUT2D eigenvalue weighted by atomic mass is 9.80. The van der Waals surface area contributed by atoms with Crippen LogP contribution in [0.1, 0.15) is 63.0 Å². The van der Waals surface area contributed by atoms with E-state index < -0.39 is 0 Å². The highest BCUT2D eigenvalue weighted by molar-refractivity contribution is 5.81. The summed E-state index contributed by atoms with van der Waals surface area (Å²) < 4.78 is 0. The van der Waals surface area contributed by atoms with E-state index in [2.05, 4.69) is 36.5 Å². The molecule has 0 saturated heterocycles. The van der Waals surface area contributed by atoms with Crippen LogP contribution in [0.15, 0.2) is 24.3 Å². The predicted molar refractivity (Wildman–Crippen MR) is 104 cm³/mol. The molecule has 0 aromatic heterocycles. The van der Waals surface area contributed by atoms with E-state index in [0.717, 1.165) is 58.2 Å². The molecule has 2 amide bonds. The quantitative estimate of drug-likeness (QED) is 0.791. The second-order valence-corrected chi connectivity index (χ2v) is 7.83. The maximum Gasteiger partial charge on any atom is 0.225 e. The molecular weight excluding hydrogens is 324 g/mol. The lowest BCUT2D eigenvalue weighted by molar-refractivity contribution is -0.139. The van der Waals surface area contributed by atoms with Gasteiger partial charge in [-0.1, -0.05) is 44.0 Å². The van der Waals surface area contributed by atoms with Gasteiger partial charge in [0.15, 0.2) is 0 Å². The molecule has 1 N–H and O–H groups in total. The second kappa shape index (κ2) is 9.20. The first-order valence-corrected chi connectivity index (χ1v) is 10.3. The lowest BCUT2D eigenvalue weighted by Gasteiger charge is -2.34. The fourth-order valence-corrected chi connectivity index (χ4v) is 4.28. The number of rotatable bonds is 6. The average molecular weight is 357 g/mol. The normalized spacial score (nSPS) is 22.6. The Labute approximate surface area is 157 Å². The summed E-state index contributed by atoms with van der Waals surface area (Å²) >= 11 is 0. The summed E-state index contributed by atoms with van der Waals surface area (Å²) in [6.07, 6.45) is 7.75. The Morgan fingerprint density at radius 1 is 1.04 bits per heavy atom. The summed E-state index contributed by atoms with van der Waals surface area (Å²) in [5.74, 6) is 0.687. The van der Waals surface area contributed by atoms with Gasteiger partial charge in [-0.05, 0) is 49.7 Å². The van der Waals surface area contributed by atoms with Crippen LogP contribution in [0.5, 0.6) is 0 Å². The van der Waals surface area contributed by atoms with Crippen molar-refractivity contribution in [3.05, 3.63) is 35.4 Å². The third-order valence-electron chi connectivity index (χ3n) is 5.97. The van der Waals surface area contributed by atoms with E-state index in [1.807, 2.05) is 4.90 Å². The molecule has 4 heteroatoms. The van der Waals surface area contributed by atoms with Crippen LogP contribution in [0.25, 0.3) is 0 Å². The minimum atomic E-state index is 0.0998. The summed E-state index contributed by atoms with van der Waals surface area (Å²) in [4.78, 5) is 27.2. The van der Waals surface area contributed by atoms with Gasteiger partial charge in [0, 0.05) is 31.5 Å². The third kappa shape index (κ3) is 4.66. The van der Waals surface area contributed by atoms with Crippen molar-refractivity contribution in [2.24, 2.45) is 11.8 Å². The third-order valence-corrected chi connectivity index (χ3v) is 5.97. The Kier molecular flexibility index (Phi) is 6.70. The number of unbranched alkanes of at least 4 members (excludes halogenated alkanes) is 2. The van der Waals surface area contributed by atoms with Crippen LogP contribution < -0.4 is 5.32 Å². The molecule has 1 fully saturated rings. The number of hydrogen-bond donors (Lipinski definition) is 1. The Morgan fingerprint density at radius 3 is 2.46 bits per heavy atom. The van der Waals surface area contributed by atoms with Gasteiger partial charge in [0.25, 0.3) is 0 Å². The highest BCUT2D eigenvalue weighted by Crippen LogP contribution is 2.31. The Morgan fingerprint density at radius 2 is 1.73 bits per heavy atom. The van der Waals surface area contributed by atoms with Crippen LogP contribution in [0, 0.1) is 11.8 Å². The average Bonchev–Trinajstić information content (AvgIpc) is 2.70. The van der Waals surface area contributed by atoms with Gasteiger partial charge in [0.1, 0.15) is 0 Å². The molecule has 1 aliphatic carbocycles. The first-order chi connectivity index (χ1) is 12.7. The molecule has 0 spiro atoms. The SMILES string of the molecule is CCCCCNC(=O)C1CCC(C(=O)N2CCc3ccccc3C2)CC1. The van der Waals surface area contributed by atoms with Gasteiger partial charge in [-0.2, -0.15) is 0 Å². The maximum atomic E-state index is 12.9. The molecule has 0 radical (unpaired) electrons. The number of amides is 2. The topological polar surface area (TPSA) is 49.4 Å². The van der Waals surface area contributed by atoms with Crippen LogP contribution >= 0.6 is 0 Å². The molecule has 3 rings (SSSR count). The number of fused-ring (bicyclic) bond motifs is 1. The molecule has 142 valence electrons. The summed E-state index contributed by atoms with van der Waals surface area (Å²) in [5, 5.41) is 3.07. The molecule has 1 aliphatic heterocycles. The van der Waals surface area contributed by atoms with E-state index in [1.54, 1.807) is 0 Å². The monoisotopic (exact) mass is 356 g/mol. The van der Waals surface area contributed by atoms with Crippen LogP contribution in [0.2, 0.25) is 0 Å². The van der Waals surface area contributed by atoms with Gasteiger partial charge in [0.2, 0.25) is 11.8 Å². The van der Waals surface area contributed by atoms with Gasteiger partial charge in [-0.25, -0.2) is 0 Å². The summed E-state index contributed by atoms with van der Waals surface area (Å²) in [5.41, 5.74) is 2.66. The Bertz CT molecular complexity index is 620. The molecule has 1 heterocycles. The molecule has 0 unspecified atom stereocenters. The van der Waals surface area contributed by atoms with Gasteiger partial charge in [-0.15, -0.1) is 0 Å². The molecule has 26 heavy (non-hydrogen) atoms. The molecule has 1 aromatic carbocycles. The zero-order chi connectivity index (χ0) is 18.4. The van der Waals surface area contributed by atoms with Crippen LogP contribution in [-0.2, 0) is 22.6 Å². The number of benzene rings is 1. The van der Waals surface area contributed by atoms with Crippen molar-refractivity contribution in [3.8, 4) is 0 Å². The van der Waals surface area contributed by atoms with Crippen molar-refractivity contribution in [1.29, 1.82) is 0 Å². The summed E-state index contributed by atoms with van der Waals surface area (Å²) in [7, 11) is 0. The number of hydrogen-bond acceptors (Lipinski definition) is 2. The molecule has 0 atom stereocenters. The minimum absolute atomic E-state index is 0.0998. The van der Waals surface area contributed by atoms with Gasteiger partial charge < -0.3 is 10.2 Å². The number of nitrogens with one attached hydrogen (secondary N) is 1. The van der Waals surface area contributed by atoms with Crippen molar-refractivity contribution in [2.45, 2.75) is 64.8 Å². The van der Waals surface area contributed by atoms with Gasteiger partial charge in [0.05, 0.1) is 0 Å². The van der Waals surface area contributed by atoms with Gasteiger partial charge in [-0.3, -0.25) is 9.59 Å². The molecule has 1 aromatic rings. The molecule has 0 bridgehead atoms. The van der Waals surface area contributed by atoms with Crippen molar-refractivity contribution in [1.82, 2.24) is 10.2 Å². The molecule has 4 nitrogen and oxygen atoms in total. The minimum Gasteiger partial charge on any atom is -0.356 e. The van der Waals surface area contributed by atoms with Gasteiger partial charge >= 0.3 is 0 Å². The maximum absolute atomic E-state index is 12.9. The highest BCUT2D eigenvalue weighted by Gasteiger charge is 2.33. The van der Waals surface area contributed by atoms with E-state index in [1.165, 1.54) is 24.0 Å². The number of nitrogens with zero attached hydrogens (tertiary/aromatic N) is 1. The fraction of sp³-hybridized carbons (Fsp3) is 0.636. The fourth-order valence-electron chi connectivity index (χ4n) is 4.28. The largest absolute Gasteiger partial charge is 0.356 e. The predicted octanol–water partition coefficient (Wildman–Crippen LogP) is 3.68. The van der Waals surface area contributed by atoms with E-state index in [9.17, 15) is 9.59 Å². The zero-order valence-corrected chi connectivity index (χ0v) is 16.0. The van der Waals surface area contributed by atoms with E-state index in [4.69, 9.17) is 0 Å². The van der Waals surface area contributed by atoms with Crippen LogP contribution in [0.3, 0.4) is 0 Å². The number of carbonyl (C=O) groups excluding carboxylic acids is 2. The standard InChI is InChI=1S/C22H32N2O2/c1-2-3-6-14-23-21(25)18-9-11-19(12-10-18)22(26)24-15-13-17-7-4-5-8-20(17)16-24/h4-5,7-8,18-19H,2-3,6,9-16H2,1H3,(H,23,25). The van der Waals surface area contributed by atoms with E-state index in [0.29, 0.717) is 5.91 Å². The van der Waals surface area contributed by atoms with Crippen molar-refractivity contribution in [2.75, 3.05) is 13.1 Å². The molecular formula is C22H32N2O2. The number of carbonyl (C=O) groups is 2. The summed E-state index contributed by atoms with van der Waals surface area (Å²) in [6, 6.07) is 8.43. The Hall–Kier alpha value is -1.84. The molecule has 2 aliphatic rings. The summed E-state index contributed by atoms with van der Waals surface area (Å²) in [6.45, 7) is 4.53. The first kappa shape index (κ1) is 18.9.